The largest absolute Gasteiger partial charge is 0.394 e. The average Bonchev–Trinajstić information content (AvgIpc) is 1.70. The van der Waals surface area contributed by atoms with E-state index >= 15 is 28.8 Å². The first-order chi connectivity index (χ1) is 50.3. The van der Waals surface area contributed by atoms with Gasteiger partial charge >= 0.3 is 12.4 Å². The smallest absolute Gasteiger partial charge is 0.381 e. The molecule has 7 aliphatic rings. The molecule has 3 unspecified atom stereocenters. The zero-order valence-electron chi connectivity index (χ0n) is 64.9. The van der Waals surface area contributed by atoms with E-state index in [1.807, 2.05) is 0 Å². The predicted octanol–water partition coefficient (Wildman–Crippen LogP) is 5.83. The summed E-state index contributed by atoms with van der Waals surface area (Å²) in [7, 11) is 12.3. The first-order valence-electron chi connectivity index (χ1n) is 38.6. The maximum Gasteiger partial charge on any atom is 0.394 e. The number of carbonyl (C=O) groups is 12. The third-order valence-electron chi connectivity index (χ3n) is 24.1. The van der Waals surface area contributed by atoms with Crippen molar-refractivity contribution in [1.29, 1.82) is 0 Å². The fourth-order valence-corrected chi connectivity index (χ4v) is 17.1. The predicted molar refractivity (Wildman–Crippen MR) is 382 cm³/mol. The van der Waals surface area contributed by atoms with E-state index in [1.165, 1.54) is 88.0 Å². The van der Waals surface area contributed by atoms with Crippen LogP contribution in [0.5, 0.6) is 0 Å². The zero-order chi connectivity index (χ0) is 79.3. The number of ether oxygens (including phenoxy) is 2. The van der Waals surface area contributed by atoms with Crippen molar-refractivity contribution in [3.8, 4) is 0 Å². The molecule has 604 valence electrons. The Morgan fingerprint density at radius 1 is 0.645 bits per heavy atom. The van der Waals surface area contributed by atoms with Crippen LogP contribution in [0.25, 0.3) is 0 Å². The lowest BCUT2D eigenvalue weighted by Gasteiger charge is -2.46. The van der Waals surface area contributed by atoms with Gasteiger partial charge in [-0.1, -0.05) is 58.6 Å². The van der Waals surface area contributed by atoms with E-state index in [0.717, 1.165) is 19.6 Å². The number of nitrogens with zero attached hydrogens (tertiary/aromatic N) is 9. The van der Waals surface area contributed by atoms with Crippen molar-refractivity contribution in [2.75, 3.05) is 96.3 Å². The van der Waals surface area contributed by atoms with Crippen LogP contribution in [0.2, 0.25) is 0 Å². The van der Waals surface area contributed by atoms with Gasteiger partial charge in [-0.15, -0.1) is 0 Å². The van der Waals surface area contributed by atoms with Gasteiger partial charge in [0.25, 0.3) is 0 Å². The Balaban J connectivity index is 1.32. The lowest BCUT2D eigenvalue weighted by molar-refractivity contribution is -0.215. The fourth-order valence-electron chi connectivity index (χ4n) is 17.1. The van der Waals surface area contributed by atoms with E-state index in [4.69, 9.17) is 9.47 Å². The van der Waals surface area contributed by atoms with E-state index < -0.39 is 204 Å². The minimum absolute atomic E-state index is 0.0363. The standard InChI is InChI=1S/C75H118F6N12O14/c1-14-23-53-64(97)83-62(45(4)15-2)70(103)87(8)44-61(96)89(10)54-26-18-17-21-37-92(69(54)102)57(38-46-27-31-49(32-28-46)74(76,77)78)68(101)86(7)43-59(94)82-52(34-30-47-29-33-51(75(79,80)81)58(39-47)106-13)66(99)93-42-50(107-16-3)40-55(93)65(98)84-73(35-22-36-73)72(105)91(12)63(48-24-19-20-25-48)71(104)90(11)56(67(100)85(5)6)41-60(95)88(53)9/h17-18,45-58,62-63H,14-16,19-44H2,1-13H3,(H,82,94)(H,83,97)(H,84,98)/b18-17-/t45-,46?,47?,49?,50+,51?,52-,53-,54-,55-,56-,57-,58?,62-,63-/m0/s1. The minimum Gasteiger partial charge on any atom is -0.381 e. The van der Waals surface area contributed by atoms with Gasteiger partial charge in [0, 0.05) is 89.6 Å². The molecule has 2 bridgehead atoms. The second-order valence-electron chi connectivity index (χ2n) is 31.5. The molecule has 12 amide bonds. The fraction of sp³-hybridized carbons (Fsp3) is 0.813. The van der Waals surface area contributed by atoms with Crippen molar-refractivity contribution in [3.05, 3.63) is 12.2 Å². The molecule has 107 heavy (non-hydrogen) atoms. The van der Waals surface area contributed by atoms with Crippen LogP contribution in [-0.2, 0) is 67.0 Å². The van der Waals surface area contributed by atoms with Gasteiger partial charge in [-0.25, -0.2) is 0 Å². The van der Waals surface area contributed by atoms with Gasteiger partial charge in [-0.2, -0.15) is 26.3 Å². The molecule has 3 heterocycles. The lowest BCUT2D eigenvalue weighted by Crippen LogP contribution is -2.68. The molecule has 3 N–H and O–H groups in total. The molecule has 0 aromatic heterocycles. The molecule has 13 atom stereocenters. The number of halogens is 6. The number of carbonyl (C=O) groups excluding carboxylic acids is 12. The summed E-state index contributed by atoms with van der Waals surface area (Å²) in [5.74, 6) is -14.1. The zero-order valence-corrected chi connectivity index (χ0v) is 64.9. The highest BCUT2D eigenvalue weighted by molar-refractivity contribution is 6.01. The SMILES string of the molecule is CCC[C@H]1C(=O)N[C@@H]([C@@H](C)CC)C(=O)N(C)CC(=O)N(C)[C@H]2C/C=C\CCN(C2=O)[C@@H](CC2CCC(C(F)(F)F)CC2)C(=O)N(C)CC(=O)N[C@@H](CCC2CCC(C(F)(F)F)C(OC)C2)C(=O)N2C[C@H](OCC)C[C@H]2C(=O)NC2(CCC2)C(=O)N(C)[C@@H](C2CCCC2)C(=O)N(C)[C@H](C(=O)N(C)C)CC(=O)N1C. The number of rotatable bonds is 14. The van der Waals surface area contributed by atoms with Gasteiger partial charge in [0.2, 0.25) is 70.9 Å². The van der Waals surface area contributed by atoms with Crippen molar-refractivity contribution >= 4 is 70.9 Å². The first kappa shape index (κ1) is 87.1. The molecule has 32 heteroatoms. The molecular weight excluding hydrogens is 1410 g/mol. The Bertz CT molecular complexity index is 3180. The number of fused-ring (bicyclic) bond motifs is 3. The second kappa shape index (κ2) is 38.0. The highest BCUT2D eigenvalue weighted by Crippen LogP contribution is 2.45. The highest BCUT2D eigenvalue weighted by atomic mass is 19.4. The van der Waals surface area contributed by atoms with Gasteiger partial charge in [0.1, 0.15) is 53.9 Å². The Hall–Kier alpha value is -7.12. The number of nitrogens with one attached hydrogen (secondary N) is 3. The van der Waals surface area contributed by atoms with Crippen molar-refractivity contribution in [3.63, 3.8) is 0 Å². The third-order valence-corrected chi connectivity index (χ3v) is 24.1. The summed E-state index contributed by atoms with van der Waals surface area (Å²) >= 11 is 0. The van der Waals surface area contributed by atoms with E-state index in [2.05, 4.69) is 16.0 Å². The average molecular weight is 1530 g/mol. The van der Waals surface area contributed by atoms with Crippen LogP contribution in [-0.4, -0.2) is 290 Å². The molecule has 4 saturated carbocycles. The van der Waals surface area contributed by atoms with Crippen molar-refractivity contribution in [2.24, 2.45) is 35.5 Å². The number of methoxy groups -OCH3 is 1. The molecule has 26 nitrogen and oxygen atoms in total. The quantitative estimate of drug-likeness (QED) is 0.136. The maximum absolute atomic E-state index is 15.6. The number of hydrogen-bond donors (Lipinski definition) is 3. The van der Waals surface area contributed by atoms with Crippen molar-refractivity contribution < 1.29 is 93.4 Å². The van der Waals surface area contributed by atoms with Crippen molar-refractivity contribution in [2.45, 2.75) is 260 Å². The van der Waals surface area contributed by atoms with Gasteiger partial charge < -0.3 is 69.5 Å². The normalized spacial score (nSPS) is 31.4. The van der Waals surface area contributed by atoms with Crippen LogP contribution in [0.3, 0.4) is 0 Å². The summed E-state index contributed by atoms with van der Waals surface area (Å²) in [6.45, 7) is 5.46. The summed E-state index contributed by atoms with van der Waals surface area (Å²) < 4.78 is 96.8. The molecule has 4 aliphatic carbocycles. The molecule has 2 saturated heterocycles. The Labute approximate surface area is 626 Å². The number of likely N-dealkylation sites (N-methyl/N-ethyl adjacent to an activating group) is 7. The van der Waals surface area contributed by atoms with E-state index in [1.54, 1.807) is 39.8 Å². The van der Waals surface area contributed by atoms with E-state index in [-0.39, 0.29) is 122 Å². The molecule has 6 fully saturated rings. The van der Waals surface area contributed by atoms with E-state index in [9.17, 15) is 55.1 Å². The second-order valence-corrected chi connectivity index (χ2v) is 31.5. The van der Waals surface area contributed by atoms with Gasteiger partial charge in [0.15, 0.2) is 0 Å². The van der Waals surface area contributed by atoms with Gasteiger partial charge in [0.05, 0.1) is 43.6 Å². The number of amides is 12. The van der Waals surface area contributed by atoms with Crippen LogP contribution in [0.15, 0.2) is 12.2 Å². The number of alkyl halides is 6. The molecule has 0 aromatic rings. The summed E-state index contributed by atoms with van der Waals surface area (Å²) in [4.78, 5) is 192. The Morgan fingerprint density at radius 3 is 1.87 bits per heavy atom. The van der Waals surface area contributed by atoms with Crippen LogP contribution in [0.4, 0.5) is 26.3 Å². The van der Waals surface area contributed by atoms with Crippen LogP contribution in [0, 0.1) is 35.5 Å². The topological polar surface area (TPSA) is 289 Å². The van der Waals surface area contributed by atoms with Gasteiger partial charge in [-0.05, 0) is 146 Å². The minimum atomic E-state index is -4.56. The summed E-state index contributed by atoms with van der Waals surface area (Å²) in [5.41, 5.74) is -1.63. The highest BCUT2D eigenvalue weighted by Gasteiger charge is 2.55. The molecule has 3 aliphatic heterocycles. The van der Waals surface area contributed by atoms with Gasteiger partial charge in [-0.3, -0.25) is 57.5 Å². The molecule has 0 aromatic carbocycles. The van der Waals surface area contributed by atoms with E-state index in [0.29, 0.717) is 44.9 Å². The van der Waals surface area contributed by atoms with Crippen LogP contribution < -0.4 is 16.0 Å². The molecule has 0 radical (unpaired) electrons. The maximum atomic E-state index is 15.6. The third kappa shape index (κ3) is 21.3. The summed E-state index contributed by atoms with van der Waals surface area (Å²) in [6.07, 6.45) is -5.16. The molecule has 1 spiro atoms. The molecular formula is C75H118F6N12O14. The van der Waals surface area contributed by atoms with Crippen molar-refractivity contribution in [1.82, 2.24) is 60.0 Å². The van der Waals surface area contributed by atoms with Crippen LogP contribution >= 0.6 is 0 Å². The Morgan fingerprint density at radius 2 is 1.29 bits per heavy atom. The lowest BCUT2D eigenvalue weighted by atomic mass is 9.74. The Kier molecular flexibility index (Phi) is 30.9. The molecule has 7 rings (SSSR count). The number of hydrogen-bond acceptors (Lipinski definition) is 14. The summed E-state index contributed by atoms with van der Waals surface area (Å²) in [5, 5.41) is 8.63. The first-order valence-corrected chi connectivity index (χ1v) is 38.6. The monoisotopic (exact) mass is 1520 g/mol. The summed E-state index contributed by atoms with van der Waals surface area (Å²) in [6, 6.07) is -10.8. The van der Waals surface area contributed by atoms with Crippen LogP contribution in [0.1, 0.15) is 182 Å².